The molecule has 20 nitrogen and oxygen atoms in total. The minimum Gasteiger partial charge on any atom is -0.481 e. The molecule has 2 aliphatic rings. The summed E-state index contributed by atoms with van der Waals surface area (Å²) in [6.07, 6.45) is 8.76. The number of unbranched alkanes of at least 4 members (excludes halogenated alkanes) is 3. The van der Waals surface area contributed by atoms with Gasteiger partial charge in [0.1, 0.15) is 22.8 Å². The molecule has 5 N–H and O–H groups in total. The highest BCUT2D eigenvalue weighted by atomic mass is 16.6. The lowest BCUT2D eigenvalue weighted by atomic mass is 9.92. The monoisotopic (exact) mass is 1170 g/mol. The molecule has 462 valence electrons. The van der Waals surface area contributed by atoms with E-state index in [0.29, 0.717) is 83.7 Å². The molecule has 3 aromatic rings. The minimum atomic E-state index is -0.951. The number of benzene rings is 1. The molecule has 20 heteroatoms. The molecule has 2 fully saturated rings. The number of Topliss-reactive ketones (excluding diaryl/α,β-unsaturated/α-hetero) is 1. The third kappa shape index (κ3) is 28.2. The summed E-state index contributed by atoms with van der Waals surface area (Å²) in [6.45, 7) is 28.4. The molecule has 0 saturated carbocycles. The number of carboxylic acids is 1. The third-order valence-corrected chi connectivity index (χ3v) is 13.8. The predicted octanol–water partition coefficient (Wildman–Crippen LogP) is 7.81. The number of ether oxygens (including phenoxy) is 2. The van der Waals surface area contributed by atoms with Gasteiger partial charge >= 0.3 is 17.9 Å². The van der Waals surface area contributed by atoms with Crippen molar-refractivity contribution in [3.63, 3.8) is 0 Å². The van der Waals surface area contributed by atoms with Gasteiger partial charge in [0.25, 0.3) is 0 Å². The molecule has 5 rings (SSSR count). The highest BCUT2D eigenvalue weighted by Gasteiger charge is 2.32. The van der Waals surface area contributed by atoms with Crippen LogP contribution in [0.3, 0.4) is 0 Å². The van der Waals surface area contributed by atoms with Gasteiger partial charge in [0.15, 0.2) is 5.78 Å². The molecular weight excluding hydrogens is 1070 g/mol. The van der Waals surface area contributed by atoms with Gasteiger partial charge in [0.2, 0.25) is 23.6 Å². The van der Waals surface area contributed by atoms with Gasteiger partial charge in [-0.1, -0.05) is 74.9 Å². The van der Waals surface area contributed by atoms with Crippen molar-refractivity contribution in [1.29, 1.82) is 0 Å². The highest BCUT2D eigenvalue weighted by molar-refractivity contribution is 5.98. The second kappa shape index (κ2) is 37.0. The number of rotatable bonds is 28. The fourth-order valence-corrected chi connectivity index (χ4v) is 9.44. The summed E-state index contributed by atoms with van der Waals surface area (Å²) in [7, 11) is 0. The molecule has 4 amide bonds. The van der Waals surface area contributed by atoms with Crippen molar-refractivity contribution in [2.75, 3.05) is 81.8 Å². The summed E-state index contributed by atoms with van der Waals surface area (Å²) in [6, 6.07) is 21.0. The molecule has 2 aromatic heterocycles. The Morgan fingerprint density at radius 2 is 0.952 bits per heavy atom. The average Bonchev–Trinajstić information content (AvgIpc) is 3.24. The smallest absolute Gasteiger partial charge is 0.307 e. The molecule has 2 aliphatic heterocycles. The number of hydrogen-bond donors (Lipinski definition) is 4. The summed E-state index contributed by atoms with van der Waals surface area (Å²) >= 11 is 0. The molecular formula is C64H95N9O11. The van der Waals surface area contributed by atoms with Gasteiger partial charge < -0.3 is 50.5 Å². The van der Waals surface area contributed by atoms with Crippen LogP contribution in [0.5, 0.6) is 0 Å². The van der Waals surface area contributed by atoms with Crippen LogP contribution in [0.15, 0.2) is 92.0 Å². The zero-order valence-electron chi connectivity index (χ0n) is 51.2. The number of nitrogens with two attached hydrogens (primary N) is 1. The molecule has 0 unspecified atom stereocenters. The third-order valence-electron chi connectivity index (χ3n) is 13.8. The number of carbonyl (C=O) groups excluding carboxylic acids is 7. The quantitative estimate of drug-likeness (QED) is 0.0234. The number of nitrogens with zero attached hydrogens (tertiary/aromatic N) is 6. The van der Waals surface area contributed by atoms with E-state index in [1.54, 1.807) is 32.9 Å². The second-order valence-electron chi connectivity index (χ2n) is 23.2. The zero-order chi connectivity index (χ0) is 62.2. The van der Waals surface area contributed by atoms with Crippen LogP contribution >= 0.6 is 0 Å². The van der Waals surface area contributed by atoms with Gasteiger partial charge in [-0.2, -0.15) is 0 Å². The number of carbonyl (C=O) groups is 8. The van der Waals surface area contributed by atoms with Crippen molar-refractivity contribution in [2.45, 2.75) is 144 Å². The SMILES string of the molecule is C=CC(=O)NCCCC[C@H](CC(=O)OC(C)(C)C)C(=O)N1CCN(c2cccc(C)n2)CC1.C=CC(=O)NCCCC[C@H](CC(=O)c1ccccc1)C(=O)N1CCN(c2cccc(C)n2)CC1.CC(C)(C)OC(=O)C[C@@H](CCCCN)C(=O)O. The van der Waals surface area contributed by atoms with E-state index < -0.39 is 35.0 Å². The van der Waals surface area contributed by atoms with E-state index in [-0.39, 0.29) is 60.6 Å². The number of aryl methyl sites for hydroxylation is 2. The van der Waals surface area contributed by atoms with Crippen LogP contribution in [0.2, 0.25) is 0 Å². The van der Waals surface area contributed by atoms with E-state index in [1.165, 1.54) is 12.2 Å². The maximum absolute atomic E-state index is 13.4. The molecule has 4 heterocycles. The number of anilines is 2. The summed E-state index contributed by atoms with van der Waals surface area (Å²) in [5.41, 5.74) is 6.74. The maximum atomic E-state index is 13.4. The van der Waals surface area contributed by atoms with Crippen LogP contribution in [0.4, 0.5) is 11.6 Å². The maximum Gasteiger partial charge on any atom is 0.307 e. The Bertz CT molecular complexity index is 2580. The number of aliphatic carboxylic acids is 1. The second-order valence-corrected chi connectivity index (χ2v) is 23.2. The zero-order valence-corrected chi connectivity index (χ0v) is 51.2. The number of ketones is 1. The lowest BCUT2D eigenvalue weighted by Crippen LogP contribution is -2.51. The molecule has 84 heavy (non-hydrogen) atoms. The number of amides is 4. The van der Waals surface area contributed by atoms with Crippen molar-refractivity contribution < 1.29 is 52.9 Å². The Kier molecular flexibility index (Phi) is 31.1. The average molecular weight is 1170 g/mol. The molecule has 3 atom stereocenters. The summed E-state index contributed by atoms with van der Waals surface area (Å²) < 4.78 is 10.6. The van der Waals surface area contributed by atoms with E-state index in [1.807, 2.05) is 99.0 Å². The topological polar surface area (TPSA) is 264 Å². The van der Waals surface area contributed by atoms with Crippen LogP contribution in [0.1, 0.15) is 140 Å². The van der Waals surface area contributed by atoms with Gasteiger partial charge in [-0.05, 0) is 137 Å². The van der Waals surface area contributed by atoms with Crippen molar-refractivity contribution in [1.82, 2.24) is 30.4 Å². The summed E-state index contributed by atoms with van der Waals surface area (Å²) in [5.74, 6) is -1.77. The fraction of sp³-hybridized carbons (Fsp3) is 0.562. The van der Waals surface area contributed by atoms with Gasteiger partial charge in [-0.15, -0.1) is 0 Å². The van der Waals surface area contributed by atoms with Crippen molar-refractivity contribution in [3.8, 4) is 0 Å². The number of carboxylic acid groups (broad SMARTS) is 1. The van der Waals surface area contributed by atoms with E-state index in [2.05, 4.69) is 43.6 Å². The predicted molar refractivity (Wildman–Crippen MR) is 327 cm³/mol. The Hall–Kier alpha value is -7.48. The number of hydrogen-bond acceptors (Lipinski definition) is 15. The van der Waals surface area contributed by atoms with Crippen LogP contribution in [0.25, 0.3) is 0 Å². The van der Waals surface area contributed by atoms with Gasteiger partial charge in [-0.3, -0.25) is 38.4 Å². The Balaban J connectivity index is 0.000000349. The Morgan fingerprint density at radius 3 is 1.33 bits per heavy atom. The first-order valence-corrected chi connectivity index (χ1v) is 29.5. The van der Waals surface area contributed by atoms with Crippen LogP contribution in [-0.2, 0) is 43.0 Å². The first-order chi connectivity index (χ1) is 39.8. The van der Waals surface area contributed by atoms with Crippen molar-refractivity contribution in [3.05, 3.63) is 109 Å². The molecule has 0 spiro atoms. The largest absolute Gasteiger partial charge is 0.481 e. The molecule has 2 saturated heterocycles. The molecule has 0 bridgehead atoms. The van der Waals surface area contributed by atoms with Crippen molar-refractivity contribution >= 4 is 59.0 Å². The first kappa shape index (κ1) is 70.8. The fourth-order valence-electron chi connectivity index (χ4n) is 9.44. The lowest BCUT2D eigenvalue weighted by molar-refractivity contribution is -0.160. The van der Waals surface area contributed by atoms with Crippen LogP contribution < -0.4 is 26.2 Å². The first-order valence-electron chi connectivity index (χ1n) is 29.5. The summed E-state index contributed by atoms with van der Waals surface area (Å²) in [4.78, 5) is 114. The molecule has 1 aromatic carbocycles. The number of piperazine rings is 2. The number of pyridine rings is 2. The van der Waals surface area contributed by atoms with Gasteiger partial charge in [-0.25, -0.2) is 9.97 Å². The highest BCUT2D eigenvalue weighted by Crippen LogP contribution is 2.25. The standard InChI is InChI=1S/C27H34N4O3.C25H38N4O4.C12H23NO4/c1-3-26(33)28-15-8-7-13-23(20-24(32)22-11-5-4-6-12-22)27(34)31-18-16-30(17-19-31)25-14-9-10-21(2)29-25;1-6-22(30)26-13-8-7-11-20(18-23(31)33-25(3,4)5)24(32)29-16-14-28(15-17-29)21-12-9-10-19(2)27-21;1-12(2,3)17-10(14)8-9(11(15)16)6-4-5-7-13/h3-6,9-12,14,23H,1,7-8,13,15-20H2,2H3,(H,28,33);6,9-10,12,20H,1,7-8,11,13-18H2,2-5H3,(H,26,30);9H,4-8,13H2,1-3H3,(H,15,16)/t23-;20-;9-/m111/s1. The number of esters is 2. The van der Waals surface area contributed by atoms with Gasteiger partial charge in [0.05, 0.1) is 18.8 Å². The van der Waals surface area contributed by atoms with Crippen LogP contribution in [-0.4, -0.2) is 155 Å². The summed E-state index contributed by atoms with van der Waals surface area (Å²) in [5, 5.41) is 14.5. The molecule has 0 radical (unpaired) electrons. The van der Waals surface area contributed by atoms with Crippen molar-refractivity contribution in [2.24, 2.45) is 23.5 Å². The minimum absolute atomic E-state index is 0.00663. The number of nitrogens with one attached hydrogen (secondary N) is 2. The molecule has 0 aliphatic carbocycles. The van der Waals surface area contributed by atoms with E-state index >= 15 is 0 Å². The van der Waals surface area contributed by atoms with Gasteiger partial charge in [0, 0.05) is 101 Å². The van der Waals surface area contributed by atoms with Crippen LogP contribution in [0, 0.1) is 31.6 Å². The lowest BCUT2D eigenvalue weighted by Gasteiger charge is -2.37. The normalized spacial score (nSPS) is 14.4. The van der Waals surface area contributed by atoms with E-state index in [4.69, 9.17) is 20.3 Å². The van der Waals surface area contributed by atoms with E-state index in [0.717, 1.165) is 74.6 Å². The van der Waals surface area contributed by atoms with E-state index in [9.17, 15) is 38.4 Å². The Labute approximate surface area is 498 Å². The Morgan fingerprint density at radius 1 is 0.560 bits per heavy atom. The number of aromatic nitrogens is 2.